The minimum atomic E-state index is -0.388. The number of carbonyl (C=O) groups excluding carboxylic acids is 2. The summed E-state index contributed by atoms with van der Waals surface area (Å²) in [6.45, 7) is 1.80. The molecule has 2 aliphatic heterocycles. The largest absolute Gasteiger partial charge is 0.368 e. The standard InChI is InChI=1S/C17H21N7O4S/c1-23(15(25)13-3-2-6-27-13)9-14-20-17(29-22-14)21-16(26)18-10-24-5-4-12-11(8-24)7-19-28-12/h4-5,7,13H,2-3,6,8-10H2,1H3,(H2,18,20,21,22,26)/t13-/m1/s1. The number of rotatable bonds is 6. The van der Waals surface area contributed by atoms with Crippen LogP contribution in [0.25, 0.3) is 6.08 Å². The van der Waals surface area contributed by atoms with E-state index in [1.165, 1.54) is 0 Å². The molecule has 0 radical (unpaired) electrons. The molecule has 2 aromatic heterocycles. The number of anilines is 1. The van der Waals surface area contributed by atoms with Gasteiger partial charge in [-0.25, -0.2) is 9.78 Å². The number of likely N-dealkylation sites (N-methyl/N-ethyl adjacent to an activating group) is 1. The Morgan fingerprint density at radius 3 is 3.17 bits per heavy atom. The number of hydrogen-bond donors (Lipinski definition) is 2. The first-order valence-corrected chi connectivity index (χ1v) is 9.95. The lowest BCUT2D eigenvalue weighted by atomic mass is 10.2. The fourth-order valence-corrected chi connectivity index (χ4v) is 3.65. The van der Waals surface area contributed by atoms with Crippen LogP contribution in [0.4, 0.5) is 9.93 Å². The monoisotopic (exact) mass is 419 g/mol. The highest BCUT2D eigenvalue weighted by atomic mass is 32.1. The van der Waals surface area contributed by atoms with Crippen LogP contribution in [-0.4, -0.2) is 62.7 Å². The van der Waals surface area contributed by atoms with Gasteiger partial charge in [0, 0.05) is 43.5 Å². The Hall–Kier alpha value is -2.99. The van der Waals surface area contributed by atoms with Crippen molar-refractivity contribution in [1.82, 2.24) is 29.6 Å². The Kier molecular flexibility index (Phi) is 5.71. The molecule has 2 aliphatic rings. The summed E-state index contributed by atoms with van der Waals surface area (Å²) in [6, 6.07) is -0.388. The third kappa shape index (κ3) is 4.71. The molecule has 4 rings (SSSR count). The van der Waals surface area contributed by atoms with Gasteiger partial charge in [0.25, 0.3) is 5.91 Å². The molecule has 12 heteroatoms. The van der Waals surface area contributed by atoms with Gasteiger partial charge in [-0.1, -0.05) is 5.16 Å². The number of nitrogens with one attached hydrogen (secondary N) is 2. The molecule has 0 aromatic carbocycles. The zero-order valence-corrected chi connectivity index (χ0v) is 16.6. The molecule has 0 spiro atoms. The van der Waals surface area contributed by atoms with E-state index in [0.717, 1.165) is 35.7 Å². The number of urea groups is 1. The van der Waals surface area contributed by atoms with E-state index in [1.54, 1.807) is 24.2 Å². The predicted molar refractivity (Wildman–Crippen MR) is 103 cm³/mol. The Morgan fingerprint density at radius 1 is 1.45 bits per heavy atom. The Bertz CT molecular complexity index is 905. The van der Waals surface area contributed by atoms with E-state index in [2.05, 4.69) is 25.1 Å². The van der Waals surface area contributed by atoms with E-state index < -0.39 is 0 Å². The first kappa shape index (κ1) is 19.3. The molecule has 0 unspecified atom stereocenters. The van der Waals surface area contributed by atoms with Crippen molar-refractivity contribution in [2.75, 3.05) is 25.6 Å². The molecular formula is C17H21N7O4S. The van der Waals surface area contributed by atoms with Crippen molar-refractivity contribution in [2.45, 2.75) is 32.0 Å². The second-order valence-corrected chi connectivity index (χ2v) is 7.53. The van der Waals surface area contributed by atoms with Gasteiger partial charge in [-0.15, -0.1) is 0 Å². The molecule has 0 bridgehead atoms. The van der Waals surface area contributed by atoms with Gasteiger partial charge in [-0.2, -0.15) is 4.37 Å². The molecule has 0 aliphatic carbocycles. The first-order valence-electron chi connectivity index (χ1n) is 9.18. The van der Waals surface area contributed by atoms with Crippen molar-refractivity contribution in [3.8, 4) is 0 Å². The van der Waals surface area contributed by atoms with Gasteiger partial charge in [0.05, 0.1) is 19.4 Å². The number of hydrogen-bond acceptors (Lipinski definition) is 9. The number of carbonyl (C=O) groups is 2. The summed E-state index contributed by atoms with van der Waals surface area (Å²) in [5.41, 5.74) is 0.963. The van der Waals surface area contributed by atoms with Crippen LogP contribution in [0, 0.1) is 0 Å². The highest BCUT2D eigenvalue weighted by Gasteiger charge is 2.27. The van der Waals surface area contributed by atoms with Crippen molar-refractivity contribution in [1.29, 1.82) is 0 Å². The summed E-state index contributed by atoms with van der Waals surface area (Å²) >= 11 is 1.07. The van der Waals surface area contributed by atoms with Crippen molar-refractivity contribution >= 4 is 34.7 Å². The molecule has 154 valence electrons. The SMILES string of the molecule is CN(Cc1nsc(NC(=O)NCN2C=Cc3oncc3C2)n1)C(=O)[C@H]1CCCO1. The van der Waals surface area contributed by atoms with Crippen molar-refractivity contribution < 1.29 is 18.8 Å². The van der Waals surface area contributed by atoms with E-state index in [9.17, 15) is 9.59 Å². The third-order valence-corrected chi connectivity index (χ3v) is 5.25. The van der Waals surface area contributed by atoms with Crippen LogP contribution in [-0.2, 0) is 22.6 Å². The van der Waals surface area contributed by atoms with Crippen molar-refractivity contribution in [2.24, 2.45) is 0 Å². The van der Waals surface area contributed by atoms with Gasteiger partial charge in [0.1, 0.15) is 6.10 Å². The van der Waals surface area contributed by atoms with Crippen LogP contribution in [0.5, 0.6) is 0 Å². The maximum Gasteiger partial charge on any atom is 0.322 e. The molecule has 2 aromatic rings. The van der Waals surface area contributed by atoms with Crippen LogP contribution < -0.4 is 10.6 Å². The lowest BCUT2D eigenvalue weighted by Crippen LogP contribution is -2.37. The zero-order chi connectivity index (χ0) is 20.2. The van der Waals surface area contributed by atoms with Gasteiger partial charge < -0.3 is 24.4 Å². The molecule has 29 heavy (non-hydrogen) atoms. The van der Waals surface area contributed by atoms with E-state index in [1.807, 2.05) is 11.1 Å². The zero-order valence-electron chi connectivity index (χ0n) is 15.8. The Morgan fingerprint density at radius 2 is 2.34 bits per heavy atom. The van der Waals surface area contributed by atoms with Crippen LogP contribution >= 0.6 is 11.5 Å². The minimum absolute atomic E-state index is 0.0740. The summed E-state index contributed by atoms with van der Waals surface area (Å²) in [5, 5.41) is 9.53. The number of nitrogens with zero attached hydrogens (tertiary/aromatic N) is 5. The average molecular weight is 419 g/mol. The maximum atomic E-state index is 12.3. The van der Waals surface area contributed by atoms with Crippen LogP contribution in [0.3, 0.4) is 0 Å². The van der Waals surface area contributed by atoms with Gasteiger partial charge in [0.2, 0.25) is 5.13 Å². The van der Waals surface area contributed by atoms with Crippen LogP contribution in [0.2, 0.25) is 0 Å². The van der Waals surface area contributed by atoms with E-state index in [4.69, 9.17) is 9.26 Å². The van der Waals surface area contributed by atoms with E-state index in [0.29, 0.717) is 30.8 Å². The number of ether oxygens (including phenoxy) is 1. The molecule has 11 nitrogen and oxygen atoms in total. The highest BCUT2D eigenvalue weighted by molar-refractivity contribution is 7.09. The molecule has 3 amide bonds. The summed E-state index contributed by atoms with van der Waals surface area (Å²) in [4.78, 5) is 32.1. The highest BCUT2D eigenvalue weighted by Crippen LogP contribution is 2.18. The quantitative estimate of drug-likeness (QED) is 0.716. The van der Waals surface area contributed by atoms with E-state index in [-0.39, 0.29) is 24.6 Å². The summed E-state index contributed by atoms with van der Waals surface area (Å²) in [7, 11) is 1.69. The number of fused-ring (bicyclic) bond motifs is 1. The van der Waals surface area contributed by atoms with Gasteiger partial charge >= 0.3 is 6.03 Å². The van der Waals surface area contributed by atoms with Crippen molar-refractivity contribution in [3.05, 3.63) is 29.5 Å². The minimum Gasteiger partial charge on any atom is -0.368 e. The topological polar surface area (TPSA) is 126 Å². The van der Waals surface area contributed by atoms with Gasteiger partial charge in [-0.3, -0.25) is 10.1 Å². The van der Waals surface area contributed by atoms with Gasteiger partial charge in [0.15, 0.2) is 11.6 Å². The first-order chi connectivity index (χ1) is 14.1. The van der Waals surface area contributed by atoms with Crippen LogP contribution in [0.1, 0.15) is 30.0 Å². The lowest BCUT2D eigenvalue weighted by Gasteiger charge is -2.22. The molecule has 4 heterocycles. The number of aromatic nitrogens is 3. The maximum absolute atomic E-state index is 12.3. The van der Waals surface area contributed by atoms with E-state index >= 15 is 0 Å². The molecule has 1 saturated heterocycles. The average Bonchev–Trinajstić information content (AvgIpc) is 3.47. The molecule has 1 fully saturated rings. The normalized spacial score (nSPS) is 17.8. The Labute approximate surface area is 170 Å². The fourth-order valence-electron chi connectivity index (χ4n) is 3.07. The summed E-state index contributed by atoms with van der Waals surface area (Å²) in [5.74, 6) is 1.13. The van der Waals surface area contributed by atoms with Crippen molar-refractivity contribution in [3.63, 3.8) is 0 Å². The molecule has 0 saturated carbocycles. The predicted octanol–water partition coefficient (Wildman–Crippen LogP) is 1.23. The molecule has 2 N–H and O–H groups in total. The summed E-state index contributed by atoms with van der Waals surface area (Å²) < 4.78 is 14.7. The fraction of sp³-hybridized carbons (Fsp3) is 0.471. The number of amides is 3. The molecular weight excluding hydrogens is 398 g/mol. The second-order valence-electron chi connectivity index (χ2n) is 6.78. The molecule has 1 atom stereocenters. The van der Waals surface area contributed by atoms with Crippen LogP contribution in [0.15, 0.2) is 16.9 Å². The summed E-state index contributed by atoms with van der Waals surface area (Å²) in [6.07, 6.45) is 6.56. The smallest absolute Gasteiger partial charge is 0.322 e. The lowest BCUT2D eigenvalue weighted by molar-refractivity contribution is -0.140. The van der Waals surface area contributed by atoms with Gasteiger partial charge in [-0.05, 0) is 18.9 Å². The Balaban J connectivity index is 1.22. The second kappa shape index (κ2) is 8.57. The third-order valence-electron chi connectivity index (χ3n) is 4.58.